The molecule has 0 radical (unpaired) electrons. The molecule has 0 amide bonds. The lowest BCUT2D eigenvalue weighted by atomic mass is 9.94. The maximum absolute atomic E-state index is 6.53. The summed E-state index contributed by atoms with van der Waals surface area (Å²) in [5, 5.41) is 3.16. The molecule has 9 aromatic rings. The highest BCUT2D eigenvalue weighted by Crippen LogP contribution is 2.41. The summed E-state index contributed by atoms with van der Waals surface area (Å²) in [4.78, 5) is 19.3. The zero-order chi connectivity index (χ0) is 31.2. The summed E-state index contributed by atoms with van der Waals surface area (Å²) >= 11 is 0. The van der Waals surface area contributed by atoms with Gasteiger partial charge in [0.05, 0.1) is 5.52 Å². The van der Waals surface area contributed by atoms with Gasteiger partial charge in [0.25, 0.3) is 0 Å². The molecular formula is C42H26N4O. The van der Waals surface area contributed by atoms with E-state index in [1.807, 2.05) is 79.0 Å². The molecule has 0 fully saturated rings. The van der Waals surface area contributed by atoms with Gasteiger partial charge in [-0.2, -0.15) is 0 Å². The van der Waals surface area contributed by atoms with E-state index in [1.165, 1.54) is 0 Å². The molecule has 6 aromatic carbocycles. The Bertz CT molecular complexity index is 2490. The van der Waals surface area contributed by atoms with Gasteiger partial charge in [-0.3, -0.25) is 4.98 Å². The summed E-state index contributed by atoms with van der Waals surface area (Å²) in [5.74, 6) is 1.90. The standard InChI is InChI=1S/C42H26N4O/c1-4-11-27(12-5-1)33-23-34(39-35-26-36-32(17-10-22-43-36)24-37(35)47-38(39)25-33)28-18-20-31(21-19-28)42-45-40(29-13-6-2-7-14-29)44-41(46-42)30-15-8-3-9-16-30/h1-26H. The van der Waals surface area contributed by atoms with E-state index < -0.39 is 0 Å². The molecule has 0 N–H and O–H groups in total. The molecule has 0 saturated heterocycles. The van der Waals surface area contributed by atoms with Gasteiger partial charge >= 0.3 is 0 Å². The van der Waals surface area contributed by atoms with Crippen LogP contribution >= 0.6 is 0 Å². The van der Waals surface area contributed by atoms with Crippen molar-refractivity contribution in [1.29, 1.82) is 0 Å². The summed E-state index contributed by atoms with van der Waals surface area (Å²) < 4.78 is 6.53. The van der Waals surface area contributed by atoms with E-state index in [1.54, 1.807) is 0 Å². The van der Waals surface area contributed by atoms with Gasteiger partial charge < -0.3 is 4.42 Å². The largest absolute Gasteiger partial charge is 0.456 e. The quantitative estimate of drug-likeness (QED) is 0.196. The SMILES string of the molecule is c1ccc(-c2cc(-c3ccc(-c4nc(-c5ccccc5)nc(-c5ccccc5)n4)cc3)c3c(c2)oc2cc4cccnc4cc23)cc1. The number of aromatic nitrogens is 4. The smallest absolute Gasteiger partial charge is 0.164 e. The van der Waals surface area contributed by atoms with Gasteiger partial charge in [0.15, 0.2) is 17.5 Å². The van der Waals surface area contributed by atoms with E-state index in [-0.39, 0.29) is 0 Å². The van der Waals surface area contributed by atoms with Crippen molar-refractivity contribution in [2.75, 3.05) is 0 Å². The molecule has 47 heavy (non-hydrogen) atoms. The van der Waals surface area contributed by atoms with Crippen LogP contribution in [-0.2, 0) is 0 Å². The maximum atomic E-state index is 6.53. The Labute approximate surface area is 270 Å². The van der Waals surface area contributed by atoms with Gasteiger partial charge in [-0.25, -0.2) is 15.0 Å². The Morgan fingerprint density at radius 2 is 0.957 bits per heavy atom. The molecule has 0 aliphatic rings. The molecule has 5 heteroatoms. The number of fused-ring (bicyclic) bond motifs is 4. The first-order chi connectivity index (χ1) is 23.3. The fourth-order valence-electron chi connectivity index (χ4n) is 6.23. The summed E-state index contributed by atoms with van der Waals surface area (Å²) in [7, 11) is 0. The number of rotatable bonds is 5. The van der Waals surface area contributed by atoms with Crippen molar-refractivity contribution in [2.24, 2.45) is 0 Å². The van der Waals surface area contributed by atoms with E-state index in [0.717, 1.165) is 71.8 Å². The highest BCUT2D eigenvalue weighted by molar-refractivity contribution is 6.16. The molecule has 3 heterocycles. The van der Waals surface area contributed by atoms with Crippen LogP contribution in [0.2, 0.25) is 0 Å². The van der Waals surface area contributed by atoms with Crippen molar-refractivity contribution in [3.05, 3.63) is 158 Å². The summed E-state index contributed by atoms with van der Waals surface area (Å²) in [6.07, 6.45) is 1.83. The van der Waals surface area contributed by atoms with Gasteiger partial charge in [0.2, 0.25) is 0 Å². The second kappa shape index (κ2) is 11.2. The Morgan fingerprint density at radius 3 is 1.57 bits per heavy atom. The number of nitrogens with zero attached hydrogens (tertiary/aromatic N) is 4. The van der Waals surface area contributed by atoms with Crippen LogP contribution < -0.4 is 0 Å². The molecule has 5 nitrogen and oxygen atoms in total. The molecule has 9 rings (SSSR count). The van der Waals surface area contributed by atoms with E-state index in [0.29, 0.717) is 17.5 Å². The van der Waals surface area contributed by atoms with Crippen LogP contribution in [0, 0.1) is 0 Å². The molecule has 0 unspecified atom stereocenters. The summed E-state index contributed by atoms with van der Waals surface area (Å²) in [6.45, 7) is 0. The highest BCUT2D eigenvalue weighted by Gasteiger charge is 2.17. The van der Waals surface area contributed by atoms with Crippen molar-refractivity contribution in [3.63, 3.8) is 0 Å². The van der Waals surface area contributed by atoms with Crippen LogP contribution in [0.5, 0.6) is 0 Å². The number of furan rings is 1. The first kappa shape index (κ1) is 26.9. The van der Waals surface area contributed by atoms with Crippen molar-refractivity contribution in [1.82, 2.24) is 19.9 Å². The third-order valence-corrected chi connectivity index (χ3v) is 8.56. The van der Waals surface area contributed by atoms with E-state index in [2.05, 4.69) is 83.8 Å². The van der Waals surface area contributed by atoms with Crippen LogP contribution in [0.1, 0.15) is 0 Å². The van der Waals surface area contributed by atoms with Gasteiger partial charge in [-0.1, -0.05) is 121 Å². The fourth-order valence-corrected chi connectivity index (χ4v) is 6.23. The number of benzene rings is 6. The third-order valence-electron chi connectivity index (χ3n) is 8.56. The van der Waals surface area contributed by atoms with Crippen LogP contribution in [0.25, 0.3) is 89.3 Å². The van der Waals surface area contributed by atoms with Crippen LogP contribution in [0.4, 0.5) is 0 Å². The van der Waals surface area contributed by atoms with Crippen LogP contribution in [-0.4, -0.2) is 19.9 Å². The molecule has 220 valence electrons. The molecule has 3 aromatic heterocycles. The second-order valence-corrected chi connectivity index (χ2v) is 11.5. The maximum Gasteiger partial charge on any atom is 0.164 e. The molecule has 0 spiro atoms. The molecule has 0 saturated carbocycles. The van der Waals surface area contributed by atoms with Crippen molar-refractivity contribution in [3.8, 4) is 56.4 Å². The van der Waals surface area contributed by atoms with Gasteiger partial charge in [-0.15, -0.1) is 0 Å². The van der Waals surface area contributed by atoms with Crippen LogP contribution in [0.15, 0.2) is 162 Å². The predicted molar refractivity (Wildman–Crippen MR) is 190 cm³/mol. The summed E-state index contributed by atoms with van der Waals surface area (Å²) in [6, 6.07) is 51.6. The Kier molecular flexibility index (Phi) is 6.39. The Morgan fingerprint density at radius 1 is 0.404 bits per heavy atom. The minimum atomic E-state index is 0.624. The Balaban J connectivity index is 1.21. The molecule has 0 bridgehead atoms. The monoisotopic (exact) mass is 602 g/mol. The zero-order valence-electron chi connectivity index (χ0n) is 25.2. The fraction of sp³-hybridized carbons (Fsp3) is 0. The average molecular weight is 603 g/mol. The van der Waals surface area contributed by atoms with Gasteiger partial charge in [0.1, 0.15) is 11.2 Å². The van der Waals surface area contributed by atoms with Crippen molar-refractivity contribution < 1.29 is 4.42 Å². The average Bonchev–Trinajstić information content (AvgIpc) is 3.51. The van der Waals surface area contributed by atoms with E-state index in [4.69, 9.17) is 19.4 Å². The van der Waals surface area contributed by atoms with Gasteiger partial charge in [-0.05, 0) is 52.6 Å². The zero-order valence-corrected chi connectivity index (χ0v) is 25.2. The normalized spacial score (nSPS) is 11.4. The molecule has 0 aliphatic heterocycles. The highest BCUT2D eigenvalue weighted by atomic mass is 16.3. The van der Waals surface area contributed by atoms with Crippen LogP contribution in [0.3, 0.4) is 0 Å². The first-order valence-corrected chi connectivity index (χ1v) is 15.5. The molecular weight excluding hydrogens is 576 g/mol. The topological polar surface area (TPSA) is 64.7 Å². The minimum absolute atomic E-state index is 0.624. The Hall–Kier alpha value is -6.46. The molecule has 0 atom stereocenters. The third kappa shape index (κ3) is 4.91. The number of hydrogen-bond donors (Lipinski definition) is 0. The second-order valence-electron chi connectivity index (χ2n) is 11.5. The number of hydrogen-bond acceptors (Lipinski definition) is 5. The predicted octanol–water partition coefficient (Wildman–Crippen LogP) is 10.7. The number of pyridine rings is 1. The van der Waals surface area contributed by atoms with Gasteiger partial charge in [0, 0.05) is 39.0 Å². The lowest BCUT2D eigenvalue weighted by molar-refractivity contribution is 0.669. The first-order valence-electron chi connectivity index (χ1n) is 15.5. The van der Waals surface area contributed by atoms with E-state index in [9.17, 15) is 0 Å². The lowest BCUT2D eigenvalue weighted by Gasteiger charge is -2.11. The van der Waals surface area contributed by atoms with Crippen molar-refractivity contribution >= 4 is 32.8 Å². The van der Waals surface area contributed by atoms with E-state index >= 15 is 0 Å². The lowest BCUT2D eigenvalue weighted by Crippen LogP contribution is -2.00. The summed E-state index contributed by atoms with van der Waals surface area (Å²) in [5.41, 5.74) is 9.81. The molecule has 0 aliphatic carbocycles. The van der Waals surface area contributed by atoms with Crippen molar-refractivity contribution in [2.45, 2.75) is 0 Å². The minimum Gasteiger partial charge on any atom is -0.456 e.